The van der Waals surface area contributed by atoms with Gasteiger partial charge in [-0.25, -0.2) is 4.39 Å². The zero-order valence-corrected chi connectivity index (χ0v) is 10.6. The highest BCUT2D eigenvalue weighted by atomic mass is 32.1. The number of aryl methyl sites for hydroxylation is 1. The van der Waals surface area contributed by atoms with Crippen LogP contribution in [-0.4, -0.2) is 25.7 Å². The number of benzene rings is 1. The van der Waals surface area contributed by atoms with Crippen LogP contribution >= 0.6 is 11.3 Å². The van der Waals surface area contributed by atoms with Gasteiger partial charge in [0.1, 0.15) is 5.82 Å². The molecule has 0 saturated heterocycles. The summed E-state index contributed by atoms with van der Waals surface area (Å²) in [7, 11) is 0. The fraction of sp³-hybridized carbons (Fsp3) is 0.0909. The average Bonchev–Trinajstić information content (AvgIpc) is 2.92. The molecule has 19 heavy (non-hydrogen) atoms. The SMILES string of the molecule is Cc1nnc2sc(NC(=O)c3cccc(F)c3)nn12. The zero-order valence-electron chi connectivity index (χ0n) is 9.79. The standard InChI is InChI=1S/C11H8FN5OS/c1-6-14-15-11-17(6)16-10(19-11)13-9(18)7-3-2-4-8(12)5-7/h2-5H,1H3,(H,13,16,18). The number of aromatic nitrogens is 4. The minimum atomic E-state index is -0.457. The van der Waals surface area contributed by atoms with E-state index in [2.05, 4.69) is 20.6 Å². The summed E-state index contributed by atoms with van der Waals surface area (Å²) in [5, 5.41) is 14.9. The van der Waals surface area contributed by atoms with Gasteiger partial charge in [0.05, 0.1) is 0 Å². The van der Waals surface area contributed by atoms with Crippen LogP contribution in [0.5, 0.6) is 0 Å². The summed E-state index contributed by atoms with van der Waals surface area (Å²) in [5.41, 5.74) is 0.239. The Bertz CT molecular complexity index is 765. The zero-order chi connectivity index (χ0) is 13.4. The van der Waals surface area contributed by atoms with Gasteiger partial charge in [-0.3, -0.25) is 10.1 Å². The lowest BCUT2D eigenvalue weighted by Crippen LogP contribution is -2.12. The first kappa shape index (κ1) is 11.7. The van der Waals surface area contributed by atoms with Gasteiger partial charge in [0.2, 0.25) is 10.1 Å². The van der Waals surface area contributed by atoms with E-state index in [1.807, 2.05) is 0 Å². The molecule has 0 atom stereocenters. The highest BCUT2D eigenvalue weighted by Gasteiger charge is 2.12. The number of anilines is 1. The van der Waals surface area contributed by atoms with Gasteiger partial charge in [0, 0.05) is 5.56 Å². The Morgan fingerprint density at radius 2 is 2.26 bits per heavy atom. The fourth-order valence-electron chi connectivity index (χ4n) is 1.56. The number of amides is 1. The van der Waals surface area contributed by atoms with Crippen molar-refractivity contribution in [1.29, 1.82) is 0 Å². The van der Waals surface area contributed by atoms with Crippen molar-refractivity contribution in [3.63, 3.8) is 0 Å². The smallest absolute Gasteiger partial charge is 0.257 e. The van der Waals surface area contributed by atoms with Crippen LogP contribution in [0, 0.1) is 12.7 Å². The average molecular weight is 277 g/mol. The van der Waals surface area contributed by atoms with Gasteiger partial charge in [0.15, 0.2) is 5.82 Å². The van der Waals surface area contributed by atoms with Gasteiger partial charge in [-0.2, -0.15) is 4.52 Å². The first-order valence-electron chi connectivity index (χ1n) is 5.39. The summed E-state index contributed by atoms with van der Waals surface area (Å²) < 4.78 is 14.6. The summed E-state index contributed by atoms with van der Waals surface area (Å²) in [6.07, 6.45) is 0. The molecule has 1 aromatic carbocycles. The molecule has 2 heterocycles. The third-order valence-electron chi connectivity index (χ3n) is 2.45. The largest absolute Gasteiger partial charge is 0.296 e. The van der Waals surface area contributed by atoms with Gasteiger partial charge < -0.3 is 0 Å². The summed E-state index contributed by atoms with van der Waals surface area (Å²) in [6, 6.07) is 5.46. The molecule has 8 heteroatoms. The summed E-state index contributed by atoms with van der Waals surface area (Å²) in [6.45, 7) is 1.76. The lowest BCUT2D eigenvalue weighted by Gasteiger charge is -2.00. The molecule has 3 aromatic rings. The van der Waals surface area contributed by atoms with Crippen molar-refractivity contribution in [2.75, 3.05) is 5.32 Å². The topological polar surface area (TPSA) is 72.2 Å². The predicted octanol–water partition coefficient (Wildman–Crippen LogP) is 1.89. The molecular formula is C11H8FN5OS. The quantitative estimate of drug-likeness (QED) is 0.776. The Kier molecular flexibility index (Phi) is 2.71. The first-order valence-corrected chi connectivity index (χ1v) is 6.21. The van der Waals surface area contributed by atoms with Gasteiger partial charge in [-0.1, -0.05) is 17.4 Å². The number of nitrogens with one attached hydrogen (secondary N) is 1. The van der Waals surface area contributed by atoms with Crippen molar-refractivity contribution < 1.29 is 9.18 Å². The van der Waals surface area contributed by atoms with Crippen LogP contribution in [-0.2, 0) is 0 Å². The Balaban J connectivity index is 1.86. The minimum absolute atomic E-state index is 0.239. The predicted molar refractivity (Wildman–Crippen MR) is 67.7 cm³/mol. The molecular weight excluding hydrogens is 269 g/mol. The minimum Gasteiger partial charge on any atom is -0.296 e. The molecule has 2 aromatic heterocycles. The fourth-order valence-corrected chi connectivity index (χ4v) is 2.34. The Labute approximate surface area is 110 Å². The molecule has 1 N–H and O–H groups in total. The van der Waals surface area contributed by atoms with Crippen LogP contribution in [0.1, 0.15) is 16.2 Å². The molecule has 0 bridgehead atoms. The van der Waals surface area contributed by atoms with Crippen molar-refractivity contribution in [3.05, 3.63) is 41.5 Å². The maximum atomic E-state index is 13.0. The number of rotatable bonds is 2. The Morgan fingerprint density at radius 3 is 3.00 bits per heavy atom. The third-order valence-corrected chi connectivity index (χ3v) is 3.27. The number of carbonyl (C=O) groups is 1. The lowest BCUT2D eigenvalue weighted by molar-refractivity contribution is 0.102. The molecule has 3 rings (SSSR count). The number of nitrogens with zero attached hydrogens (tertiary/aromatic N) is 4. The number of fused-ring (bicyclic) bond motifs is 1. The lowest BCUT2D eigenvalue weighted by atomic mass is 10.2. The number of hydrogen-bond donors (Lipinski definition) is 1. The van der Waals surface area contributed by atoms with E-state index < -0.39 is 11.7 Å². The first-order chi connectivity index (χ1) is 9.13. The van der Waals surface area contributed by atoms with Gasteiger partial charge in [0.25, 0.3) is 5.91 Å². The summed E-state index contributed by atoms with van der Waals surface area (Å²) in [5.74, 6) is -0.235. The molecule has 0 aliphatic heterocycles. The van der Waals surface area contributed by atoms with Crippen molar-refractivity contribution in [2.24, 2.45) is 0 Å². The van der Waals surface area contributed by atoms with E-state index in [1.165, 1.54) is 40.1 Å². The molecule has 0 radical (unpaired) electrons. The molecule has 0 aliphatic carbocycles. The van der Waals surface area contributed by atoms with Crippen LogP contribution in [0.15, 0.2) is 24.3 Å². The van der Waals surface area contributed by atoms with E-state index in [0.717, 1.165) is 0 Å². The third kappa shape index (κ3) is 2.17. The van der Waals surface area contributed by atoms with E-state index in [-0.39, 0.29) is 5.56 Å². The van der Waals surface area contributed by atoms with E-state index in [9.17, 15) is 9.18 Å². The molecule has 0 fully saturated rings. The van der Waals surface area contributed by atoms with Gasteiger partial charge >= 0.3 is 0 Å². The summed E-state index contributed by atoms with van der Waals surface area (Å²) in [4.78, 5) is 12.5. The van der Waals surface area contributed by atoms with Crippen molar-refractivity contribution >= 4 is 27.3 Å². The molecule has 0 saturated carbocycles. The van der Waals surface area contributed by atoms with E-state index in [1.54, 1.807) is 6.92 Å². The van der Waals surface area contributed by atoms with Crippen LogP contribution in [0.25, 0.3) is 4.96 Å². The van der Waals surface area contributed by atoms with Gasteiger partial charge in [-0.05, 0) is 25.1 Å². The molecule has 0 spiro atoms. The van der Waals surface area contributed by atoms with Gasteiger partial charge in [-0.15, -0.1) is 15.3 Å². The second-order valence-corrected chi connectivity index (χ2v) is 4.77. The normalized spacial score (nSPS) is 10.8. The van der Waals surface area contributed by atoms with Crippen molar-refractivity contribution in [2.45, 2.75) is 6.92 Å². The molecule has 0 aliphatic rings. The van der Waals surface area contributed by atoms with Crippen LogP contribution < -0.4 is 5.32 Å². The highest BCUT2D eigenvalue weighted by Crippen LogP contribution is 2.19. The maximum Gasteiger partial charge on any atom is 0.257 e. The molecule has 0 unspecified atom stereocenters. The summed E-state index contributed by atoms with van der Waals surface area (Å²) >= 11 is 1.20. The van der Waals surface area contributed by atoms with Crippen molar-refractivity contribution in [3.8, 4) is 0 Å². The number of hydrogen-bond acceptors (Lipinski definition) is 5. The molecule has 96 valence electrons. The Hall–Kier alpha value is -2.35. The molecule has 1 amide bonds. The number of carbonyl (C=O) groups excluding carboxylic acids is 1. The van der Waals surface area contributed by atoms with Crippen molar-refractivity contribution in [1.82, 2.24) is 19.8 Å². The maximum absolute atomic E-state index is 13.0. The van der Waals surface area contributed by atoms with Crippen LogP contribution in [0.2, 0.25) is 0 Å². The van der Waals surface area contributed by atoms with E-state index in [4.69, 9.17) is 0 Å². The van der Waals surface area contributed by atoms with Crippen LogP contribution in [0.4, 0.5) is 9.52 Å². The highest BCUT2D eigenvalue weighted by molar-refractivity contribution is 7.20. The second kappa shape index (κ2) is 4.39. The van der Waals surface area contributed by atoms with Crippen LogP contribution in [0.3, 0.4) is 0 Å². The van der Waals surface area contributed by atoms with E-state index >= 15 is 0 Å². The monoisotopic (exact) mass is 277 g/mol. The number of halogens is 1. The molecule has 6 nitrogen and oxygen atoms in total. The van der Waals surface area contributed by atoms with E-state index in [0.29, 0.717) is 15.9 Å². The second-order valence-electron chi connectivity index (χ2n) is 3.81. The Morgan fingerprint density at radius 1 is 1.42 bits per heavy atom.